The lowest BCUT2D eigenvalue weighted by Gasteiger charge is -2.31. The molecule has 0 spiro atoms. The van der Waals surface area contributed by atoms with Gasteiger partial charge in [0.25, 0.3) is 0 Å². The van der Waals surface area contributed by atoms with Crippen LogP contribution >= 0.6 is 0 Å². The van der Waals surface area contributed by atoms with E-state index in [9.17, 15) is 0 Å². The van der Waals surface area contributed by atoms with E-state index in [4.69, 9.17) is 0 Å². The predicted octanol–water partition coefficient (Wildman–Crippen LogP) is 2.91. The van der Waals surface area contributed by atoms with Crippen LogP contribution in [0.3, 0.4) is 0 Å². The summed E-state index contributed by atoms with van der Waals surface area (Å²) in [6.45, 7) is 9.91. The Balaban J connectivity index is 2.55. The van der Waals surface area contributed by atoms with Crippen LogP contribution in [0.2, 0.25) is 0 Å². The Kier molecular flexibility index (Phi) is 3.06. The first-order valence-corrected chi connectivity index (χ1v) is 5.63. The van der Waals surface area contributed by atoms with Crippen molar-refractivity contribution in [3.05, 3.63) is 0 Å². The summed E-state index contributed by atoms with van der Waals surface area (Å²) in [7, 11) is 4.73. The number of rotatable bonds is 0. The van der Waals surface area contributed by atoms with Crippen LogP contribution in [-0.4, -0.2) is 31.7 Å². The third kappa shape index (κ3) is 3.30. The Morgan fingerprint density at radius 2 is 1.62 bits per heavy atom. The van der Waals surface area contributed by atoms with Crippen LogP contribution in [0.15, 0.2) is 0 Å². The summed E-state index contributed by atoms with van der Waals surface area (Å²) >= 11 is 0. The van der Waals surface area contributed by atoms with E-state index in [-0.39, 0.29) is 0 Å². The smallest absolute Gasteiger partial charge is 0.0785 e. The van der Waals surface area contributed by atoms with E-state index < -0.39 is 0 Å². The van der Waals surface area contributed by atoms with E-state index in [1.54, 1.807) is 0 Å². The van der Waals surface area contributed by atoms with Crippen LogP contribution in [0, 0.1) is 11.3 Å². The molecule has 1 heterocycles. The van der Waals surface area contributed by atoms with Crippen LogP contribution in [0.4, 0.5) is 0 Å². The minimum absolute atomic E-state index is 0.518. The zero-order valence-corrected chi connectivity index (χ0v) is 10.1. The molecule has 1 nitrogen and oxygen atoms in total. The third-order valence-electron chi connectivity index (χ3n) is 3.62. The topological polar surface area (TPSA) is 0 Å². The van der Waals surface area contributed by atoms with Crippen LogP contribution in [0.25, 0.3) is 0 Å². The van der Waals surface area contributed by atoms with Crippen LogP contribution in [-0.2, 0) is 0 Å². The van der Waals surface area contributed by atoms with Crippen molar-refractivity contribution in [2.24, 2.45) is 11.3 Å². The molecule has 1 saturated heterocycles. The molecular formula is C12H26N+. The zero-order valence-electron chi connectivity index (χ0n) is 10.1. The highest BCUT2D eigenvalue weighted by molar-refractivity contribution is 4.75. The molecule has 0 aromatic heterocycles. The first-order valence-electron chi connectivity index (χ1n) is 5.63. The highest BCUT2D eigenvalue weighted by Gasteiger charge is 2.30. The second-order valence-corrected chi connectivity index (χ2v) is 6.38. The maximum atomic E-state index is 2.39. The Morgan fingerprint density at radius 3 is 2.15 bits per heavy atom. The van der Waals surface area contributed by atoms with Gasteiger partial charge in [-0.25, -0.2) is 0 Å². The van der Waals surface area contributed by atoms with E-state index in [1.807, 2.05) is 0 Å². The van der Waals surface area contributed by atoms with Crippen LogP contribution in [0.5, 0.6) is 0 Å². The molecule has 0 aliphatic carbocycles. The average Bonchev–Trinajstić information content (AvgIpc) is 2.08. The van der Waals surface area contributed by atoms with E-state index in [0.717, 1.165) is 5.92 Å². The predicted molar refractivity (Wildman–Crippen MR) is 58.6 cm³/mol. The van der Waals surface area contributed by atoms with Gasteiger partial charge >= 0.3 is 0 Å². The SMILES string of the molecule is CC(C)(C)C1CCC[N+](C)(C)CC1. The fraction of sp³-hybridized carbons (Fsp3) is 1.00. The minimum Gasteiger partial charge on any atom is -0.328 e. The molecule has 13 heavy (non-hydrogen) atoms. The van der Waals surface area contributed by atoms with E-state index in [0.29, 0.717) is 5.41 Å². The summed E-state index contributed by atoms with van der Waals surface area (Å²) < 4.78 is 1.23. The number of nitrogens with zero attached hydrogens (tertiary/aromatic N) is 1. The molecule has 0 aromatic rings. The standard InChI is InChI=1S/C12H26N/c1-12(2,3)11-7-6-9-13(4,5)10-8-11/h11H,6-10H2,1-5H3/q+1. The van der Waals surface area contributed by atoms with Crippen molar-refractivity contribution in [3.8, 4) is 0 Å². The van der Waals surface area contributed by atoms with Gasteiger partial charge in [-0.05, 0) is 30.6 Å². The van der Waals surface area contributed by atoms with Gasteiger partial charge in [0, 0.05) is 0 Å². The molecule has 1 aliphatic rings. The lowest BCUT2D eigenvalue weighted by molar-refractivity contribution is -0.889. The zero-order chi connectivity index (χ0) is 10.1. The van der Waals surface area contributed by atoms with E-state index in [1.165, 1.54) is 36.8 Å². The molecule has 1 atom stereocenters. The fourth-order valence-corrected chi connectivity index (χ4v) is 2.39. The van der Waals surface area contributed by atoms with Crippen LogP contribution < -0.4 is 0 Å². The summed E-state index contributed by atoms with van der Waals surface area (Å²) in [5, 5.41) is 0. The maximum Gasteiger partial charge on any atom is 0.0785 e. The van der Waals surface area contributed by atoms with Gasteiger partial charge in [-0.15, -0.1) is 0 Å². The highest BCUT2D eigenvalue weighted by Crippen LogP contribution is 2.34. The van der Waals surface area contributed by atoms with Gasteiger partial charge in [0.1, 0.15) is 0 Å². The normalized spacial score (nSPS) is 29.8. The van der Waals surface area contributed by atoms with Gasteiger partial charge in [0.05, 0.1) is 27.2 Å². The van der Waals surface area contributed by atoms with Gasteiger partial charge < -0.3 is 4.48 Å². The Hall–Kier alpha value is -0.0400. The molecular weight excluding hydrogens is 158 g/mol. The molecule has 0 radical (unpaired) electrons. The first kappa shape index (κ1) is 11.0. The molecule has 0 aromatic carbocycles. The van der Waals surface area contributed by atoms with Gasteiger partial charge in [-0.2, -0.15) is 0 Å². The molecule has 0 bridgehead atoms. The quantitative estimate of drug-likeness (QED) is 0.508. The van der Waals surface area contributed by atoms with Gasteiger partial charge in [0.2, 0.25) is 0 Å². The van der Waals surface area contributed by atoms with Crippen LogP contribution in [0.1, 0.15) is 40.0 Å². The Morgan fingerprint density at radius 1 is 1.00 bits per heavy atom. The second kappa shape index (κ2) is 3.61. The monoisotopic (exact) mass is 184 g/mol. The van der Waals surface area contributed by atoms with Gasteiger partial charge in [-0.1, -0.05) is 20.8 Å². The number of hydrogen-bond acceptors (Lipinski definition) is 0. The molecule has 0 N–H and O–H groups in total. The van der Waals surface area contributed by atoms with Gasteiger partial charge in [0.15, 0.2) is 0 Å². The average molecular weight is 184 g/mol. The number of quaternary nitrogens is 1. The van der Waals surface area contributed by atoms with Crippen molar-refractivity contribution in [1.29, 1.82) is 0 Å². The largest absolute Gasteiger partial charge is 0.328 e. The molecule has 1 aliphatic heterocycles. The molecule has 0 amide bonds. The highest BCUT2D eigenvalue weighted by atomic mass is 15.3. The van der Waals surface area contributed by atoms with Crippen molar-refractivity contribution in [2.75, 3.05) is 27.2 Å². The van der Waals surface area contributed by atoms with Gasteiger partial charge in [-0.3, -0.25) is 0 Å². The lowest BCUT2D eigenvalue weighted by Crippen LogP contribution is -2.40. The van der Waals surface area contributed by atoms with Crippen molar-refractivity contribution >= 4 is 0 Å². The third-order valence-corrected chi connectivity index (χ3v) is 3.62. The summed E-state index contributed by atoms with van der Waals surface area (Å²) in [6.07, 6.45) is 4.26. The molecule has 1 unspecified atom stereocenters. The molecule has 0 saturated carbocycles. The number of likely N-dealkylation sites (tertiary alicyclic amines) is 1. The molecule has 1 fully saturated rings. The van der Waals surface area contributed by atoms with Crippen molar-refractivity contribution < 1.29 is 4.48 Å². The second-order valence-electron chi connectivity index (χ2n) is 6.38. The minimum atomic E-state index is 0.518. The molecule has 78 valence electrons. The van der Waals surface area contributed by atoms with Crippen molar-refractivity contribution in [2.45, 2.75) is 40.0 Å². The molecule has 1 rings (SSSR count). The maximum absolute atomic E-state index is 2.39. The Labute approximate surface area is 83.7 Å². The molecule has 1 heteroatoms. The number of hydrogen-bond donors (Lipinski definition) is 0. The summed E-state index contributed by atoms with van der Waals surface area (Å²) in [4.78, 5) is 0. The van der Waals surface area contributed by atoms with E-state index >= 15 is 0 Å². The summed E-state index contributed by atoms with van der Waals surface area (Å²) in [5.41, 5.74) is 0.518. The van der Waals surface area contributed by atoms with Crippen molar-refractivity contribution in [3.63, 3.8) is 0 Å². The first-order chi connectivity index (χ1) is 5.81. The lowest BCUT2D eigenvalue weighted by atomic mass is 9.77. The fourth-order valence-electron chi connectivity index (χ4n) is 2.39. The summed E-state index contributed by atoms with van der Waals surface area (Å²) in [5.74, 6) is 0.937. The summed E-state index contributed by atoms with van der Waals surface area (Å²) in [6, 6.07) is 0. The van der Waals surface area contributed by atoms with Crippen molar-refractivity contribution in [1.82, 2.24) is 0 Å². The van der Waals surface area contributed by atoms with E-state index in [2.05, 4.69) is 34.9 Å². The Bertz CT molecular complexity index is 164.